The largest absolute Gasteiger partial charge is 0.377 e. The lowest BCUT2D eigenvalue weighted by molar-refractivity contribution is -0.157. The quantitative estimate of drug-likeness (QED) is 0.402. The first kappa shape index (κ1) is 39.3. The average molecular weight is 893 g/mol. The number of hydrogen-bond acceptors (Lipinski definition) is 17. The third-order valence-electron chi connectivity index (χ3n) is 14.4. The minimum absolute atomic E-state index is 0.0109. The van der Waals surface area contributed by atoms with Gasteiger partial charge in [0.1, 0.15) is 0 Å². The van der Waals surface area contributed by atoms with Crippen molar-refractivity contribution in [3.63, 3.8) is 0 Å². The first-order valence-electron chi connectivity index (χ1n) is 21.3. The van der Waals surface area contributed by atoms with Crippen molar-refractivity contribution in [2.45, 2.75) is 157 Å². The molecule has 24 atom stereocenters. The Bertz CT molecular complexity index is 1320. The molecule has 11 nitrogen and oxygen atoms in total. The fraction of sp³-hybridized carbons (Fsp3) is 1.00. The van der Waals surface area contributed by atoms with Crippen LogP contribution in [0.4, 0.5) is 0 Å². The summed E-state index contributed by atoms with van der Waals surface area (Å²) in [5, 5.41) is 3.80. The van der Waals surface area contributed by atoms with Crippen molar-refractivity contribution >= 4 is 70.6 Å². The molecule has 0 aromatic carbocycles. The van der Waals surface area contributed by atoms with Crippen LogP contribution in [0.25, 0.3) is 0 Å². The lowest BCUT2D eigenvalue weighted by atomic mass is 9.84. The molecule has 24 unspecified atom stereocenters. The number of fused-ring (bicyclic) bond motifs is 6. The predicted molar refractivity (Wildman–Crippen MR) is 222 cm³/mol. The van der Waals surface area contributed by atoms with E-state index in [9.17, 15) is 0 Å². The summed E-state index contributed by atoms with van der Waals surface area (Å²) in [6.07, 6.45) is 3.23. The normalized spacial score (nSPS) is 59.2. The second kappa shape index (κ2) is 16.3. The maximum Gasteiger partial charge on any atom is 0.0979 e. The summed E-state index contributed by atoms with van der Waals surface area (Å²) < 4.78 is 72.8. The molecule has 0 spiro atoms. The highest BCUT2D eigenvalue weighted by Crippen LogP contribution is 2.62. The monoisotopic (exact) mass is 892 g/mol. The fourth-order valence-corrected chi connectivity index (χ4v) is 24.6. The van der Waals surface area contributed by atoms with Crippen LogP contribution in [0.15, 0.2) is 0 Å². The first-order valence-corrected chi connectivity index (χ1v) is 27.0. The van der Waals surface area contributed by atoms with Crippen molar-refractivity contribution in [3.8, 4) is 0 Å². The highest BCUT2D eigenvalue weighted by molar-refractivity contribution is 8.08. The molecule has 0 amide bonds. The first-order chi connectivity index (χ1) is 27.6. The van der Waals surface area contributed by atoms with Crippen LogP contribution in [0.5, 0.6) is 0 Å². The van der Waals surface area contributed by atoms with Crippen LogP contribution in [0.3, 0.4) is 0 Å². The molecule has 12 heterocycles. The molecule has 314 valence electrons. The molecule has 0 N–H and O–H groups in total. The zero-order valence-corrected chi connectivity index (χ0v) is 36.9. The van der Waals surface area contributed by atoms with E-state index in [0.29, 0.717) is 114 Å². The van der Waals surface area contributed by atoms with E-state index in [-0.39, 0.29) is 88.1 Å². The zero-order chi connectivity index (χ0) is 37.1. The average Bonchev–Trinajstić information content (AvgIpc) is 4.10. The van der Waals surface area contributed by atoms with Gasteiger partial charge in [0.2, 0.25) is 0 Å². The number of ether oxygens (including phenoxy) is 11. The minimum atomic E-state index is 0.0109. The molecule has 12 aliphatic heterocycles. The van der Waals surface area contributed by atoms with Crippen LogP contribution in [-0.2, 0) is 52.1 Å². The second-order valence-corrected chi connectivity index (χ2v) is 25.9. The summed E-state index contributed by atoms with van der Waals surface area (Å²) >= 11 is 12.6. The van der Waals surface area contributed by atoms with Gasteiger partial charge in [-0.3, -0.25) is 0 Å². The molecule has 0 bridgehead atoms. The van der Waals surface area contributed by atoms with Gasteiger partial charge in [-0.05, 0) is 18.8 Å². The van der Waals surface area contributed by atoms with Gasteiger partial charge in [-0.15, -0.1) is 70.6 Å². The summed E-state index contributed by atoms with van der Waals surface area (Å²) in [4.78, 5) is 0. The van der Waals surface area contributed by atoms with E-state index in [1.54, 1.807) is 0 Å². The van der Waals surface area contributed by atoms with Gasteiger partial charge in [0.25, 0.3) is 0 Å². The molecule has 12 fully saturated rings. The Balaban J connectivity index is 0.815. The van der Waals surface area contributed by atoms with E-state index in [1.165, 1.54) is 6.42 Å². The van der Waals surface area contributed by atoms with Gasteiger partial charge in [0, 0.05) is 69.6 Å². The molecule has 0 aromatic rings. The van der Waals surface area contributed by atoms with Gasteiger partial charge in [0.05, 0.1) is 133 Å². The zero-order valence-electron chi connectivity index (χ0n) is 32.0. The topological polar surface area (TPSA) is 102 Å². The Morgan fingerprint density at radius 1 is 0.268 bits per heavy atom. The van der Waals surface area contributed by atoms with Crippen molar-refractivity contribution in [3.05, 3.63) is 0 Å². The Hall–Kier alpha value is 1.66. The van der Waals surface area contributed by atoms with E-state index in [2.05, 4.69) is 72.7 Å². The molecule has 12 saturated heterocycles. The maximum atomic E-state index is 6.90. The third-order valence-corrected chi connectivity index (χ3v) is 25.5. The molecule has 0 aliphatic carbocycles. The number of thioether (sulfide) groups is 6. The van der Waals surface area contributed by atoms with Gasteiger partial charge in [-0.1, -0.05) is 13.8 Å². The SMILES string of the molecule is CC1SC(C2SC(C3SC(C4SC(C5SC(C6SC(C)C7OCCOC76)C6OCCOC65)C5OCCOC54)C4OCCCC43)C3OCCOC32)C2OCCOC12. The van der Waals surface area contributed by atoms with E-state index >= 15 is 0 Å². The maximum absolute atomic E-state index is 6.90. The summed E-state index contributed by atoms with van der Waals surface area (Å²) in [7, 11) is 0. The molecule has 0 aromatic heterocycles. The van der Waals surface area contributed by atoms with Gasteiger partial charge in [0.15, 0.2) is 0 Å². The van der Waals surface area contributed by atoms with Gasteiger partial charge in [-0.2, -0.15) is 0 Å². The van der Waals surface area contributed by atoms with Crippen LogP contribution in [0.2, 0.25) is 0 Å². The van der Waals surface area contributed by atoms with Crippen LogP contribution >= 0.6 is 70.6 Å². The Labute approximate surface area is 356 Å². The number of rotatable bonds is 5. The molecule has 0 radical (unpaired) electrons. The molecule has 12 aliphatic rings. The summed E-state index contributed by atoms with van der Waals surface area (Å²) in [6, 6.07) is 0. The van der Waals surface area contributed by atoms with Crippen LogP contribution in [0.1, 0.15) is 26.7 Å². The lowest BCUT2D eigenvalue weighted by Gasteiger charge is -2.37. The van der Waals surface area contributed by atoms with E-state index in [1.807, 2.05) is 11.8 Å². The number of hydrogen-bond donors (Lipinski definition) is 0. The van der Waals surface area contributed by atoms with Crippen molar-refractivity contribution in [2.75, 3.05) is 72.7 Å². The van der Waals surface area contributed by atoms with Gasteiger partial charge < -0.3 is 52.1 Å². The lowest BCUT2D eigenvalue weighted by Crippen LogP contribution is -2.52. The smallest absolute Gasteiger partial charge is 0.0979 e. The standard InChI is InChI=1S/C39H56O11S6/c1-16-19-22(43-8-6-41-19)33(51-16)36-25-24(45-10-11-46-25)32(54-36)30-18-4-3-5-40-21(18)31(53-30)35-26-28(49-14-12-47-26)38(55-35)39-29-27(48-13-15-50-29)37(56-39)34-23-20(17(2)52-34)42-7-9-44-23/h16-39H,3-15H2,1-2H3. The second-order valence-electron chi connectivity index (χ2n) is 17.4. The Kier molecular flexibility index (Phi) is 11.5. The van der Waals surface area contributed by atoms with E-state index in [4.69, 9.17) is 52.1 Å². The van der Waals surface area contributed by atoms with Crippen molar-refractivity contribution in [1.82, 2.24) is 0 Å². The van der Waals surface area contributed by atoms with Gasteiger partial charge in [-0.25, -0.2) is 0 Å². The highest BCUT2D eigenvalue weighted by atomic mass is 32.2. The van der Waals surface area contributed by atoms with Crippen LogP contribution < -0.4 is 0 Å². The van der Waals surface area contributed by atoms with Gasteiger partial charge >= 0.3 is 0 Å². The molecular formula is C39H56O11S6. The van der Waals surface area contributed by atoms with Crippen molar-refractivity contribution < 1.29 is 52.1 Å². The third kappa shape index (κ3) is 6.52. The summed E-state index contributed by atoms with van der Waals surface area (Å²) in [5.74, 6) is 0.470. The van der Waals surface area contributed by atoms with E-state index < -0.39 is 0 Å². The Morgan fingerprint density at radius 3 is 0.893 bits per heavy atom. The minimum Gasteiger partial charge on any atom is -0.377 e. The van der Waals surface area contributed by atoms with Crippen LogP contribution in [0, 0.1) is 5.92 Å². The summed E-state index contributed by atoms with van der Waals surface area (Å²) in [5.41, 5.74) is 0. The fourth-order valence-electron chi connectivity index (χ4n) is 12.2. The summed E-state index contributed by atoms with van der Waals surface area (Å²) in [6.45, 7) is 12.1. The molecule has 17 heteroatoms. The highest BCUT2D eigenvalue weighted by Gasteiger charge is 2.66. The molecule has 0 saturated carbocycles. The van der Waals surface area contributed by atoms with Crippen LogP contribution in [-0.4, -0.2) is 203 Å². The molecule has 56 heavy (non-hydrogen) atoms. The van der Waals surface area contributed by atoms with E-state index in [0.717, 1.165) is 13.0 Å². The Morgan fingerprint density at radius 2 is 0.518 bits per heavy atom. The van der Waals surface area contributed by atoms with Crippen molar-refractivity contribution in [2.24, 2.45) is 5.92 Å². The predicted octanol–water partition coefficient (Wildman–Crippen LogP) is 3.65. The molecule has 12 rings (SSSR count). The molecular weight excluding hydrogens is 837 g/mol. The van der Waals surface area contributed by atoms with Crippen molar-refractivity contribution in [1.29, 1.82) is 0 Å².